The predicted octanol–water partition coefficient (Wildman–Crippen LogP) is 1.75. The number of hydrogen-bond donors (Lipinski definition) is 2. The van der Waals surface area contributed by atoms with E-state index in [4.69, 9.17) is 5.73 Å². The molecule has 3 amide bonds. The predicted molar refractivity (Wildman–Crippen MR) is 114 cm³/mol. The van der Waals surface area contributed by atoms with Gasteiger partial charge < -0.3 is 20.9 Å². The van der Waals surface area contributed by atoms with E-state index in [1.807, 2.05) is 9.80 Å². The maximum absolute atomic E-state index is 13.5. The lowest BCUT2D eigenvalue weighted by Gasteiger charge is -2.44. The summed E-state index contributed by atoms with van der Waals surface area (Å²) >= 11 is 0. The second-order valence-electron chi connectivity index (χ2n) is 10.1. The summed E-state index contributed by atoms with van der Waals surface area (Å²) in [5, 5.41) is 3.33. The lowest BCUT2D eigenvalue weighted by atomic mass is 9.77. The van der Waals surface area contributed by atoms with Crippen molar-refractivity contribution in [2.45, 2.75) is 78.8 Å². The van der Waals surface area contributed by atoms with Crippen molar-refractivity contribution < 1.29 is 14.4 Å². The van der Waals surface area contributed by atoms with Crippen molar-refractivity contribution in [3.63, 3.8) is 0 Å². The fraction of sp³-hybridized carbons (Fsp3) is 0.864. The smallest absolute Gasteiger partial charge is 0.245 e. The number of carbonyl (C=O) groups is 3. The van der Waals surface area contributed by atoms with Crippen LogP contribution in [0.15, 0.2) is 0 Å². The second kappa shape index (κ2) is 9.92. The minimum Gasteiger partial charge on any atom is -0.370 e. The van der Waals surface area contributed by atoms with Crippen LogP contribution < -0.4 is 11.1 Å². The van der Waals surface area contributed by atoms with Gasteiger partial charge >= 0.3 is 0 Å². The minimum absolute atomic E-state index is 0.0540. The van der Waals surface area contributed by atoms with Crippen molar-refractivity contribution in [1.29, 1.82) is 0 Å². The van der Waals surface area contributed by atoms with Crippen LogP contribution in [-0.4, -0.2) is 65.8 Å². The molecule has 2 atom stereocenters. The van der Waals surface area contributed by atoms with Gasteiger partial charge in [-0.05, 0) is 42.9 Å². The maximum atomic E-state index is 13.5. The summed E-state index contributed by atoms with van der Waals surface area (Å²) in [6, 6.07) is -0.605. The molecule has 0 radical (unpaired) electrons. The Morgan fingerprint density at radius 1 is 1.14 bits per heavy atom. The van der Waals surface area contributed by atoms with Crippen LogP contribution >= 0.6 is 0 Å². The summed E-state index contributed by atoms with van der Waals surface area (Å²) in [7, 11) is 0. The Kier molecular flexibility index (Phi) is 8.09. The molecule has 2 fully saturated rings. The lowest BCUT2D eigenvalue weighted by Crippen LogP contribution is -2.62. The van der Waals surface area contributed by atoms with Crippen molar-refractivity contribution in [3.8, 4) is 0 Å². The quantitative estimate of drug-likeness (QED) is 0.640. The molecule has 0 aromatic carbocycles. The standard InChI is InChI=1S/C22H40N4O3/c1-15(2)12-17-20(28)26(11-8-24-17)18(13-16(3)4)21(29)25-9-6-22(5,7-10-25)14-19(23)27/h15-18,24H,6-14H2,1-5H3,(H2,23,27)/t17-,18-/m0/s1. The number of amides is 3. The number of likely N-dealkylation sites (tertiary alicyclic amines) is 1. The van der Waals surface area contributed by atoms with Crippen molar-refractivity contribution in [1.82, 2.24) is 15.1 Å². The monoisotopic (exact) mass is 408 g/mol. The fourth-order valence-electron chi connectivity index (χ4n) is 4.60. The van der Waals surface area contributed by atoms with Crippen LogP contribution in [0, 0.1) is 17.3 Å². The van der Waals surface area contributed by atoms with Crippen molar-refractivity contribution in [3.05, 3.63) is 0 Å². The number of nitrogens with two attached hydrogens (primary N) is 1. The molecule has 0 aromatic heterocycles. The number of piperidine rings is 1. The van der Waals surface area contributed by atoms with Crippen LogP contribution in [0.1, 0.15) is 66.7 Å². The van der Waals surface area contributed by atoms with E-state index in [9.17, 15) is 14.4 Å². The molecule has 0 aromatic rings. The number of carbonyl (C=O) groups excluding carboxylic acids is 3. The molecule has 166 valence electrons. The van der Waals surface area contributed by atoms with E-state index in [2.05, 4.69) is 39.9 Å². The third kappa shape index (κ3) is 6.43. The van der Waals surface area contributed by atoms with Crippen molar-refractivity contribution in [2.75, 3.05) is 26.2 Å². The zero-order valence-corrected chi connectivity index (χ0v) is 18.9. The molecule has 0 bridgehead atoms. The third-order valence-corrected chi connectivity index (χ3v) is 6.27. The van der Waals surface area contributed by atoms with Crippen LogP contribution in [0.5, 0.6) is 0 Å². The van der Waals surface area contributed by atoms with Gasteiger partial charge in [0, 0.05) is 32.6 Å². The first-order valence-corrected chi connectivity index (χ1v) is 11.1. The lowest BCUT2D eigenvalue weighted by molar-refractivity contribution is -0.151. The maximum Gasteiger partial charge on any atom is 0.245 e. The summed E-state index contributed by atoms with van der Waals surface area (Å²) in [6.07, 6.45) is 3.35. The zero-order valence-electron chi connectivity index (χ0n) is 18.9. The minimum atomic E-state index is -0.403. The first kappa shape index (κ1) is 23.6. The van der Waals surface area contributed by atoms with E-state index < -0.39 is 6.04 Å². The molecule has 0 spiro atoms. The zero-order chi connectivity index (χ0) is 21.8. The molecule has 3 N–H and O–H groups in total. The number of rotatable bonds is 8. The molecule has 2 saturated heterocycles. The van der Waals surface area contributed by atoms with Gasteiger partial charge in [-0.15, -0.1) is 0 Å². The average Bonchev–Trinajstić information content (AvgIpc) is 2.60. The van der Waals surface area contributed by atoms with Crippen molar-refractivity contribution in [2.24, 2.45) is 23.0 Å². The molecular formula is C22H40N4O3. The SMILES string of the molecule is CC(C)C[C@@H]1NCCN([C@@H](CC(C)C)C(=O)N2CCC(C)(CC(N)=O)CC2)C1=O. The van der Waals surface area contributed by atoms with E-state index in [-0.39, 0.29) is 29.2 Å². The molecule has 0 saturated carbocycles. The fourth-order valence-corrected chi connectivity index (χ4v) is 4.60. The molecular weight excluding hydrogens is 368 g/mol. The summed E-state index contributed by atoms with van der Waals surface area (Å²) in [5.74, 6) is 0.561. The van der Waals surface area contributed by atoms with Crippen LogP contribution in [0.4, 0.5) is 0 Å². The van der Waals surface area contributed by atoms with Gasteiger partial charge in [-0.3, -0.25) is 14.4 Å². The normalized spacial score (nSPS) is 23.6. The van der Waals surface area contributed by atoms with Gasteiger partial charge in [0.25, 0.3) is 0 Å². The number of hydrogen-bond acceptors (Lipinski definition) is 4. The summed E-state index contributed by atoms with van der Waals surface area (Å²) in [6.45, 7) is 13.0. The van der Waals surface area contributed by atoms with E-state index in [1.54, 1.807) is 0 Å². The Bertz CT molecular complexity index is 597. The summed E-state index contributed by atoms with van der Waals surface area (Å²) in [4.78, 5) is 41.7. The average molecular weight is 409 g/mol. The molecule has 0 unspecified atom stereocenters. The van der Waals surface area contributed by atoms with Gasteiger partial charge in [0.15, 0.2) is 0 Å². The van der Waals surface area contributed by atoms with Gasteiger partial charge in [-0.2, -0.15) is 0 Å². The Morgan fingerprint density at radius 3 is 2.28 bits per heavy atom. The highest BCUT2D eigenvalue weighted by Crippen LogP contribution is 2.34. The highest BCUT2D eigenvalue weighted by atomic mass is 16.2. The number of primary amides is 1. The Morgan fingerprint density at radius 2 is 1.76 bits per heavy atom. The number of nitrogens with zero attached hydrogens (tertiary/aromatic N) is 2. The van der Waals surface area contributed by atoms with Gasteiger partial charge in [0.05, 0.1) is 6.04 Å². The van der Waals surface area contributed by atoms with E-state index in [1.165, 1.54) is 0 Å². The first-order chi connectivity index (χ1) is 13.5. The van der Waals surface area contributed by atoms with Gasteiger partial charge in [-0.25, -0.2) is 0 Å². The van der Waals surface area contributed by atoms with E-state index in [0.29, 0.717) is 44.3 Å². The second-order valence-corrected chi connectivity index (χ2v) is 10.1. The van der Waals surface area contributed by atoms with E-state index >= 15 is 0 Å². The largest absolute Gasteiger partial charge is 0.370 e. The Hall–Kier alpha value is -1.63. The van der Waals surface area contributed by atoms with Gasteiger partial charge in [0.2, 0.25) is 17.7 Å². The third-order valence-electron chi connectivity index (χ3n) is 6.27. The Balaban J connectivity index is 2.10. The molecule has 2 heterocycles. The highest BCUT2D eigenvalue weighted by Gasteiger charge is 2.40. The molecule has 7 nitrogen and oxygen atoms in total. The van der Waals surface area contributed by atoms with Crippen LogP contribution in [0.3, 0.4) is 0 Å². The van der Waals surface area contributed by atoms with Crippen molar-refractivity contribution >= 4 is 17.7 Å². The van der Waals surface area contributed by atoms with Gasteiger partial charge in [-0.1, -0.05) is 34.6 Å². The Labute approximate surface area is 175 Å². The summed E-state index contributed by atoms with van der Waals surface area (Å²) in [5.41, 5.74) is 5.26. The number of nitrogens with one attached hydrogen (secondary N) is 1. The van der Waals surface area contributed by atoms with Crippen LogP contribution in [0.2, 0.25) is 0 Å². The molecule has 7 heteroatoms. The summed E-state index contributed by atoms with van der Waals surface area (Å²) < 4.78 is 0. The molecule has 2 aliphatic rings. The first-order valence-electron chi connectivity index (χ1n) is 11.1. The van der Waals surface area contributed by atoms with E-state index in [0.717, 1.165) is 25.8 Å². The highest BCUT2D eigenvalue weighted by molar-refractivity contribution is 5.90. The molecule has 2 aliphatic heterocycles. The van der Waals surface area contributed by atoms with Gasteiger partial charge in [0.1, 0.15) is 6.04 Å². The topological polar surface area (TPSA) is 95.7 Å². The van der Waals surface area contributed by atoms with Crippen LogP contribution in [-0.2, 0) is 14.4 Å². The number of piperazine rings is 1. The molecule has 0 aliphatic carbocycles. The molecule has 2 rings (SSSR count). The molecule has 29 heavy (non-hydrogen) atoms. The van der Waals surface area contributed by atoms with Crippen LogP contribution in [0.25, 0.3) is 0 Å².